The van der Waals surface area contributed by atoms with Gasteiger partial charge in [0.05, 0.1) is 13.5 Å². The third kappa shape index (κ3) is 2.87. The summed E-state index contributed by atoms with van der Waals surface area (Å²) in [4.78, 5) is 10.7. The van der Waals surface area contributed by atoms with Crippen LogP contribution in [0.1, 0.15) is 25.8 Å². The number of carboxylic acid groups (broad SMARTS) is 1. The molecule has 0 heterocycles. The summed E-state index contributed by atoms with van der Waals surface area (Å²) in [5.41, 5.74) is -0.355. The van der Waals surface area contributed by atoms with Gasteiger partial charge in [0, 0.05) is 5.41 Å². The van der Waals surface area contributed by atoms with Gasteiger partial charge in [0.1, 0.15) is 0 Å². The minimum Gasteiger partial charge on any atom is -0.504 e. The highest BCUT2D eigenvalue weighted by Gasteiger charge is 2.26. The van der Waals surface area contributed by atoms with Gasteiger partial charge in [-0.25, -0.2) is 4.39 Å². The first-order chi connectivity index (χ1) is 7.77. The van der Waals surface area contributed by atoms with Gasteiger partial charge in [0.25, 0.3) is 0 Å². The fraction of sp³-hybridized carbons (Fsp3) is 0.417. The van der Waals surface area contributed by atoms with Crippen LogP contribution in [-0.2, 0) is 10.2 Å². The van der Waals surface area contributed by atoms with Gasteiger partial charge in [0.2, 0.25) is 0 Å². The second-order valence-electron chi connectivity index (χ2n) is 4.46. The van der Waals surface area contributed by atoms with Crippen LogP contribution in [-0.4, -0.2) is 23.3 Å². The van der Waals surface area contributed by atoms with E-state index in [4.69, 9.17) is 5.11 Å². The monoisotopic (exact) mass is 242 g/mol. The van der Waals surface area contributed by atoms with Crippen LogP contribution >= 0.6 is 0 Å². The molecule has 1 aromatic rings. The number of carboxylic acids is 1. The van der Waals surface area contributed by atoms with Gasteiger partial charge in [0.15, 0.2) is 17.3 Å². The minimum atomic E-state index is -0.981. The molecule has 1 rings (SSSR count). The highest BCUT2D eigenvalue weighted by atomic mass is 19.1. The summed E-state index contributed by atoms with van der Waals surface area (Å²) in [5, 5.41) is 18.3. The molecule has 4 nitrogen and oxygen atoms in total. The first kappa shape index (κ1) is 13.3. The van der Waals surface area contributed by atoms with Gasteiger partial charge in [-0.1, -0.05) is 13.8 Å². The number of methoxy groups -OCH3 is 1. The Bertz CT molecular complexity index is 417. The fourth-order valence-corrected chi connectivity index (χ4v) is 1.65. The van der Waals surface area contributed by atoms with Gasteiger partial charge in [-0.15, -0.1) is 0 Å². The number of aliphatic carboxylic acids is 1. The van der Waals surface area contributed by atoms with E-state index < -0.39 is 17.2 Å². The standard InChI is InChI=1S/C12H15FO4/c1-12(2,6-10(15)16)7-4-8(13)11(17-3)9(14)5-7/h4-5,14H,6H2,1-3H3,(H,15,16). The Kier molecular flexibility index (Phi) is 3.60. The van der Waals surface area contributed by atoms with Crippen molar-refractivity contribution < 1.29 is 24.1 Å². The van der Waals surface area contributed by atoms with Crippen molar-refractivity contribution in [1.82, 2.24) is 0 Å². The number of aromatic hydroxyl groups is 1. The smallest absolute Gasteiger partial charge is 0.304 e. The zero-order valence-electron chi connectivity index (χ0n) is 9.95. The van der Waals surface area contributed by atoms with Gasteiger partial charge in [-0.2, -0.15) is 0 Å². The minimum absolute atomic E-state index is 0.155. The van der Waals surface area contributed by atoms with Crippen molar-refractivity contribution in [2.45, 2.75) is 25.7 Å². The predicted octanol–water partition coefficient (Wildman–Crippen LogP) is 2.29. The number of rotatable bonds is 4. The third-order valence-corrected chi connectivity index (χ3v) is 2.60. The highest BCUT2D eigenvalue weighted by molar-refractivity contribution is 5.69. The lowest BCUT2D eigenvalue weighted by molar-refractivity contribution is -0.138. The molecule has 0 aliphatic rings. The zero-order valence-corrected chi connectivity index (χ0v) is 9.95. The molecule has 0 aliphatic heterocycles. The average Bonchev–Trinajstić information content (AvgIpc) is 2.14. The fourth-order valence-electron chi connectivity index (χ4n) is 1.65. The van der Waals surface area contributed by atoms with Crippen molar-refractivity contribution in [3.8, 4) is 11.5 Å². The van der Waals surface area contributed by atoms with Crippen LogP contribution in [0.15, 0.2) is 12.1 Å². The topological polar surface area (TPSA) is 66.8 Å². The normalized spacial score (nSPS) is 11.3. The van der Waals surface area contributed by atoms with Crippen LogP contribution in [0.25, 0.3) is 0 Å². The highest BCUT2D eigenvalue weighted by Crippen LogP contribution is 2.36. The molecule has 0 amide bonds. The van der Waals surface area contributed by atoms with Crippen molar-refractivity contribution >= 4 is 5.97 Å². The van der Waals surface area contributed by atoms with Crippen molar-refractivity contribution in [3.05, 3.63) is 23.5 Å². The summed E-state index contributed by atoms with van der Waals surface area (Å²) in [6, 6.07) is 2.51. The van der Waals surface area contributed by atoms with Crippen LogP contribution in [0.3, 0.4) is 0 Å². The molecule has 0 saturated carbocycles. The van der Waals surface area contributed by atoms with Crippen LogP contribution in [0.4, 0.5) is 4.39 Å². The molecular formula is C12H15FO4. The van der Waals surface area contributed by atoms with Crippen molar-refractivity contribution in [3.63, 3.8) is 0 Å². The number of hydrogen-bond acceptors (Lipinski definition) is 3. The maximum absolute atomic E-state index is 13.5. The number of ether oxygens (including phenoxy) is 1. The Morgan fingerprint density at radius 3 is 2.47 bits per heavy atom. The number of phenolic OH excluding ortho intramolecular Hbond substituents is 1. The number of hydrogen-bond donors (Lipinski definition) is 2. The van der Waals surface area contributed by atoms with Crippen molar-refractivity contribution in [1.29, 1.82) is 0 Å². The molecule has 0 saturated heterocycles. The molecule has 0 spiro atoms. The van der Waals surface area contributed by atoms with E-state index in [-0.39, 0.29) is 17.9 Å². The first-order valence-electron chi connectivity index (χ1n) is 5.06. The predicted molar refractivity (Wildman–Crippen MR) is 59.9 cm³/mol. The quantitative estimate of drug-likeness (QED) is 0.850. The Hall–Kier alpha value is -1.78. The zero-order chi connectivity index (χ0) is 13.2. The molecular weight excluding hydrogens is 227 g/mol. The SMILES string of the molecule is COc1c(O)cc(C(C)(C)CC(=O)O)cc1F. The van der Waals surface area contributed by atoms with Crippen LogP contribution in [0.5, 0.6) is 11.5 Å². The second kappa shape index (κ2) is 4.61. The van der Waals surface area contributed by atoms with E-state index >= 15 is 0 Å². The molecule has 0 bridgehead atoms. The summed E-state index contributed by atoms with van der Waals surface area (Å²) in [7, 11) is 1.25. The second-order valence-corrected chi connectivity index (χ2v) is 4.46. The lowest BCUT2D eigenvalue weighted by Crippen LogP contribution is -2.21. The molecule has 1 aromatic carbocycles. The molecule has 17 heavy (non-hydrogen) atoms. The van der Waals surface area contributed by atoms with Gasteiger partial charge in [-0.05, 0) is 17.7 Å². The van der Waals surface area contributed by atoms with E-state index in [9.17, 15) is 14.3 Å². The summed E-state index contributed by atoms with van der Waals surface area (Å²) in [6.07, 6.45) is -0.155. The summed E-state index contributed by atoms with van der Waals surface area (Å²) < 4.78 is 18.2. The molecule has 2 N–H and O–H groups in total. The molecule has 0 unspecified atom stereocenters. The molecule has 0 aromatic heterocycles. The van der Waals surface area contributed by atoms with Crippen LogP contribution < -0.4 is 4.74 Å². The molecule has 94 valence electrons. The number of benzene rings is 1. The summed E-state index contributed by atoms with van der Waals surface area (Å²) in [6.45, 7) is 3.34. The Morgan fingerprint density at radius 1 is 1.47 bits per heavy atom. The lowest BCUT2D eigenvalue weighted by Gasteiger charge is -2.23. The maximum atomic E-state index is 13.5. The molecule has 0 aliphatic carbocycles. The summed E-state index contributed by atoms with van der Waals surface area (Å²) in [5.74, 6) is -2.26. The van der Waals surface area contributed by atoms with Crippen LogP contribution in [0, 0.1) is 5.82 Å². The molecule has 0 fully saturated rings. The Morgan fingerprint density at radius 2 is 2.06 bits per heavy atom. The Balaban J connectivity index is 3.20. The summed E-state index contributed by atoms with van der Waals surface area (Å²) >= 11 is 0. The van der Waals surface area contributed by atoms with Gasteiger partial charge in [-0.3, -0.25) is 4.79 Å². The van der Waals surface area contributed by atoms with E-state index in [0.29, 0.717) is 5.56 Å². The van der Waals surface area contributed by atoms with Crippen molar-refractivity contribution in [2.75, 3.05) is 7.11 Å². The van der Waals surface area contributed by atoms with Crippen LogP contribution in [0.2, 0.25) is 0 Å². The van der Waals surface area contributed by atoms with E-state index in [1.54, 1.807) is 13.8 Å². The Labute approximate surface area is 98.7 Å². The van der Waals surface area contributed by atoms with E-state index in [1.807, 2.05) is 0 Å². The van der Waals surface area contributed by atoms with Crippen molar-refractivity contribution in [2.24, 2.45) is 0 Å². The van der Waals surface area contributed by atoms with E-state index in [1.165, 1.54) is 19.2 Å². The average molecular weight is 242 g/mol. The number of halogens is 1. The number of carbonyl (C=O) groups is 1. The van der Waals surface area contributed by atoms with Gasteiger partial charge >= 0.3 is 5.97 Å². The molecule has 0 radical (unpaired) electrons. The largest absolute Gasteiger partial charge is 0.504 e. The first-order valence-corrected chi connectivity index (χ1v) is 5.06. The van der Waals surface area contributed by atoms with E-state index in [0.717, 1.165) is 0 Å². The molecule has 0 atom stereocenters. The van der Waals surface area contributed by atoms with Gasteiger partial charge < -0.3 is 14.9 Å². The van der Waals surface area contributed by atoms with E-state index in [2.05, 4.69) is 4.74 Å². The third-order valence-electron chi connectivity index (χ3n) is 2.60. The molecule has 5 heteroatoms. The number of phenols is 1. The lowest BCUT2D eigenvalue weighted by atomic mass is 9.81. The maximum Gasteiger partial charge on any atom is 0.304 e.